The molecule has 4 aromatic rings. The number of hydrogen-bond acceptors (Lipinski definition) is 6. The van der Waals surface area contributed by atoms with Gasteiger partial charge in [0.15, 0.2) is 0 Å². The predicted molar refractivity (Wildman–Crippen MR) is 129 cm³/mol. The maximum Gasteiger partial charge on any atom is 0.424 e. The van der Waals surface area contributed by atoms with E-state index >= 15 is 0 Å². The van der Waals surface area contributed by atoms with Crippen molar-refractivity contribution in [1.82, 2.24) is 19.7 Å². The number of amides is 2. The number of alkyl halides is 3. The second-order valence-corrected chi connectivity index (χ2v) is 9.36. The Kier molecular flexibility index (Phi) is 6.06. The lowest BCUT2D eigenvalue weighted by Crippen LogP contribution is -2.52. The predicted octanol–water partition coefficient (Wildman–Crippen LogP) is 2.85. The molecule has 4 N–H and O–H groups in total. The van der Waals surface area contributed by atoms with Crippen molar-refractivity contribution in [2.24, 2.45) is 5.73 Å². The highest BCUT2D eigenvalue weighted by Gasteiger charge is 2.57. The first-order valence-electron chi connectivity index (χ1n) is 11.6. The maximum absolute atomic E-state index is 14.5. The molecule has 1 aliphatic rings. The number of fused-ring (bicyclic) bond motifs is 2. The third-order valence-electron chi connectivity index (χ3n) is 6.73. The van der Waals surface area contributed by atoms with Crippen molar-refractivity contribution in [2.75, 3.05) is 13.2 Å². The standard InChI is InChI=1S/C26H21F4N5O4/c1-24(23(31)37)13-39-21-16(24)10-18(34-20(21)14-5-7-15(27)8-6-14)25(38,26(28,29)30)12-32-22(36)17-11-35-9-3-2-4-19(35)33-17/h2-11,38H,12-13H2,1H3,(H2,31,37)(H,32,36)/t24-,25-/m0/s1. The lowest BCUT2D eigenvalue weighted by molar-refractivity contribution is -0.265. The number of nitrogens with two attached hydrogens (primary N) is 1. The van der Waals surface area contributed by atoms with E-state index in [1.807, 2.05) is 0 Å². The Labute approximate surface area is 218 Å². The second kappa shape index (κ2) is 9.05. The number of carbonyl (C=O) groups is 2. The third kappa shape index (κ3) is 4.34. The van der Waals surface area contributed by atoms with Gasteiger partial charge in [0.05, 0.1) is 12.2 Å². The average Bonchev–Trinajstić information content (AvgIpc) is 3.49. The van der Waals surface area contributed by atoms with Gasteiger partial charge in [-0.25, -0.2) is 14.4 Å². The van der Waals surface area contributed by atoms with Crippen LogP contribution in [0, 0.1) is 5.82 Å². The SMILES string of the molecule is C[C@]1(C(N)=O)COc2c1cc([C@@](O)(CNC(=O)c1cn3ccccc3n1)C(F)(F)F)nc2-c1ccc(F)cc1. The van der Waals surface area contributed by atoms with Gasteiger partial charge < -0.3 is 25.3 Å². The Morgan fingerprint density at radius 3 is 2.54 bits per heavy atom. The van der Waals surface area contributed by atoms with Gasteiger partial charge in [0.2, 0.25) is 11.5 Å². The average molecular weight is 543 g/mol. The van der Waals surface area contributed by atoms with Crippen LogP contribution in [0.2, 0.25) is 0 Å². The molecule has 2 atom stereocenters. The zero-order chi connectivity index (χ0) is 28.2. The van der Waals surface area contributed by atoms with Crippen LogP contribution >= 0.6 is 0 Å². The van der Waals surface area contributed by atoms with E-state index in [4.69, 9.17) is 10.5 Å². The summed E-state index contributed by atoms with van der Waals surface area (Å²) in [5.74, 6) is -2.47. The number of pyridine rings is 2. The molecule has 0 radical (unpaired) electrons. The molecular weight excluding hydrogens is 522 g/mol. The van der Waals surface area contributed by atoms with Crippen molar-refractivity contribution in [3.05, 3.63) is 83.7 Å². The zero-order valence-electron chi connectivity index (χ0n) is 20.3. The van der Waals surface area contributed by atoms with Crippen LogP contribution in [0.5, 0.6) is 5.75 Å². The molecule has 5 rings (SSSR count). The highest BCUT2D eigenvalue weighted by Crippen LogP contribution is 2.47. The number of aliphatic hydroxyl groups is 1. The molecule has 0 spiro atoms. The molecule has 3 aromatic heterocycles. The maximum atomic E-state index is 14.5. The zero-order valence-corrected chi connectivity index (χ0v) is 20.3. The molecule has 4 heterocycles. The van der Waals surface area contributed by atoms with Crippen LogP contribution in [0.1, 0.15) is 28.7 Å². The van der Waals surface area contributed by atoms with E-state index in [1.165, 1.54) is 29.7 Å². The summed E-state index contributed by atoms with van der Waals surface area (Å²) >= 11 is 0. The number of rotatable bonds is 6. The van der Waals surface area contributed by atoms with Gasteiger partial charge in [-0.2, -0.15) is 13.2 Å². The molecule has 0 bridgehead atoms. The number of hydrogen-bond donors (Lipinski definition) is 3. The number of halogens is 4. The Morgan fingerprint density at radius 2 is 1.90 bits per heavy atom. The summed E-state index contributed by atoms with van der Waals surface area (Å²) in [5, 5.41) is 13.2. The largest absolute Gasteiger partial charge is 0.489 e. The molecule has 13 heteroatoms. The molecule has 0 saturated carbocycles. The van der Waals surface area contributed by atoms with Gasteiger partial charge in [-0.1, -0.05) is 6.07 Å². The molecule has 202 valence electrons. The highest BCUT2D eigenvalue weighted by molar-refractivity contribution is 5.93. The number of nitrogens with one attached hydrogen (secondary N) is 1. The van der Waals surface area contributed by atoms with E-state index in [9.17, 15) is 32.3 Å². The molecule has 0 saturated heterocycles. The summed E-state index contributed by atoms with van der Waals surface area (Å²) in [6.07, 6.45) is -2.40. The Morgan fingerprint density at radius 1 is 1.18 bits per heavy atom. The fraction of sp³-hybridized carbons (Fsp3) is 0.231. The van der Waals surface area contributed by atoms with Gasteiger partial charge in [-0.05, 0) is 49.4 Å². The minimum atomic E-state index is -5.33. The van der Waals surface area contributed by atoms with E-state index in [0.717, 1.165) is 18.2 Å². The first kappa shape index (κ1) is 26.1. The van der Waals surface area contributed by atoms with Gasteiger partial charge in [0.1, 0.15) is 40.6 Å². The van der Waals surface area contributed by atoms with E-state index < -0.39 is 47.1 Å². The number of imidazole rings is 1. The summed E-state index contributed by atoms with van der Waals surface area (Å²) < 4.78 is 64.1. The van der Waals surface area contributed by atoms with Crippen molar-refractivity contribution in [1.29, 1.82) is 0 Å². The number of ether oxygens (including phenoxy) is 1. The molecule has 0 fully saturated rings. The molecule has 2 amide bonds. The summed E-state index contributed by atoms with van der Waals surface area (Å²) in [5.41, 5.74) is -0.419. The number of aromatic nitrogens is 3. The summed E-state index contributed by atoms with van der Waals surface area (Å²) in [4.78, 5) is 33.1. The van der Waals surface area contributed by atoms with Crippen LogP contribution < -0.4 is 15.8 Å². The smallest absolute Gasteiger partial charge is 0.424 e. The summed E-state index contributed by atoms with van der Waals surface area (Å²) in [7, 11) is 0. The van der Waals surface area contributed by atoms with Gasteiger partial charge in [0, 0.05) is 23.5 Å². The molecule has 0 unspecified atom stereocenters. The van der Waals surface area contributed by atoms with Crippen LogP contribution in [-0.2, 0) is 15.8 Å². The van der Waals surface area contributed by atoms with Gasteiger partial charge in [-0.15, -0.1) is 0 Å². The van der Waals surface area contributed by atoms with E-state index in [0.29, 0.717) is 5.65 Å². The van der Waals surface area contributed by atoms with Crippen LogP contribution in [0.3, 0.4) is 0 Å². The molecule has 9 nitrogen and oxygen atoms in total. The number of benzene rings is 1. The third-order valence-corrected chi connectivity index (χ3v) is 6.73. The number of carbonyl (C=O) groups excluding carboxylic acids is 2. The van der Waals surface area contributed by atoms with Crippen LogP contribution in [0.25, 0.3) is 16.9 Å². The minimum Gasteiger partial charge on any atom is -0.489 e. The first-order chi connectivity index (χ1) is 18.3. The normalized spacial score (nSPS) is 18.3. The molecule has 1 aliphatic heterocycles. The summed E-state index contributed by atoms with van der Waals surface area (Å²) in [6, 6.07) is 10.5. The number of nitrogens with zero attached hydrogens (tertiary/aromatic N) is 3. The van der Waals surface area contributed by atoms with Crippen LogP contribution in [-0.4, -0.2) is 50.6 Å². The first-order valence-corrected chi connectivity index (χ1v) is 11.6. The Hall–Kier alpha value is -4.52. The van der Waals surface area contributed by atoms with Crippen molar-refractivity contribution in [2.45, 2.75) is 24.1 Å². The van der Waals surface area contributed by atoms with Crippen molar-refractivity contribution in [3.8, 4) is 17.0 Å². The molecule has 1 aromatic carbocycles. The fourth-order valence-corrected chi connectivity index (χ4v) is 4.28. The van der Waals surface area contributed by atoms with Crippen LogP contribution in [0.15, 0.2) is 60.9 Å². The summed E-state index contributed by atoms with van der Waals surface area (Å²) in [6.45, 7) is -0.227. The monoisotopic (exact) mass is 543 g/mol. The highest BCUT2D eigenvalue weighted by atomic mass is 19.4. The van der Waals surface area contributed by atoms with Gasteiger partial charge in [0.25, 0.3) is 5.91 Å². The molecule has 0 aliphatic carbocycles. The molecule has 39 heavy (non-hydrogen) atoms. The fourth-order valence-electron chi connectivity index (χ4n) is 4.28. The van der Waals surface area contributed by atoms with Gasteiger partial charge >= 0.3 is 6.18 Å². The van der Waals surface area contributed by atoms with E-state index in [2.05, 4.69) is 15.3 Å². The van der Waals surface area contributed by atoms with Crippen molar-refractivity contribution < 1.29 is 37.0 Å². The lowest BCUT2D eigenvalue weighted by Gasteiger charge is -2.31. The lowest BCUT2D eigenvalue weighted by atomic mass is 9.81. The van der Waals surface area contributed by atoms with E-state index in [-0.39, 0.29) is 34.9 Å². The van der Waals surface area contributed by atoms with Gasteiger partial charge in [-0.3, -0.25) is 9.59 Å². The van der Waals surface area contributed by atoms with Crippen LogP contribution in [0.4, 0.5) is 17.6 Å². The van der Waals surface area contributed by atoms with Crippen molar-refractivity contribution in [3.63, 3.8) is 0 Å². The quantitative estimate of drug-likeness (QED) is 0.321. The number of primary amides is 1. The topological polar surface area (TPSA) is 132 Å². The Balaban J connectivity index is 1.59. The Bertz CT molecular complexity index is 1570. The molecular formula is C26H21F4N5O4. The van der Waals surface area contributed by atoms with Crippen molar-refractivity contribution >= 4 is 17.5 Å². The van der Waals surface area contributed by atoms with E-state index in [1.54, 1.807) is 24.4 Å². The minimum absolute atomic E-state index is 0.0232. The second-order valence-electron chi connectivity index (χ2n) is 9.36.